The van der Waals surface area contributed by atoms with E-state index in [0.29, 0.717) is 10.7 Å². The lowest BCUT2D eigenvalue weighted by atomic mass is 10.1. The zero-order valence-electron chi connectivity index (χ0n) is 15.2. The lowest BCUT2D eigenvalue weighted by molar-refractivity contribution is 0.0977. The van der Waals surface area contributed by atoms with Gasteiger partial charge in [-0.15, -0.1) is 0 Å². The fourth-order valence-electron chi connectivity index (χ4n) is 2.56. The van der Waals surface area contributed by atoms with E-state index >= 15 is 0 Å². The van der Waals surface area contributed by atoms with Crippen molar-refractivity contribution in [2.24, 2.45) is 0 Å². The smallest absolute Gasteiger partial charge is 0.257 e. The third-order valence-corrected chi connectivity index (χ3v) is 4.45. The van der Waals surface area contributed by atoms with E-state index in [4.69, 9.17) is 12.2 Å². The van der Waals surface area contributed by atoms with Gasteiger partial charge in [0.2, 0.25) is 0 Å². The SMILES string of the molecule is CCN(CC)c1ccc(NC(=S)NC(=O)c2ccc(C)c(C)c2)cc1. The zero-order valence-corrected chi connectivity index (χ0v) is 16.0. The van der Waals surface area contributed by atoms with Crippen molar-refractivity contribution in [2.45, 2.75) is 27.7 Å². The van der Waals surface area contributed by atoms with Gasteiger partial charge in [-0.2, -0.15) is 0 Å². The summed E-state index contributed by atoms with van der Waals surface area (Å²) < 4.78 is 0. The van der Waals surface area contributed by atoms with Crippen LogP contribution in [0, 0.1) is 13.8 Å². The van der Waals surface area contributed by atoms with E-state index in [1.165, 1.54) is 5.69 Å². The van der Waals surface area contributed by atoms with Crippen LogP contribution in [0.25, 0.3) is 0 Å². The molecule has 5 heteroatoms. The number of nitrogens with zero attached hydrogens (tertiary/aromatic N) is 1. The van der Waals surface area contributed by atoms with E-state index in [-0.39, 0.29) is 5.91 Å². The van der Waals surface area contributed by atoms with Gasteiger partial charge >= 0.3 is 0 Å². The number of thiocarbonyl (C=S) groups is 1. The highest BCUT2D eigenvalue weighted by molar-refractivity contribution is 7.80. The molecule has 4 nitrogen and oxygen atoms in total. The van der Waals surface area contributed by atoms with Crippen molar-refractivity contribution < 1.29 is 4.79 Å². The topological polar surface area (TPSA) is 44.4 Å². The van der Waals surface area contributed by atoms with Gasteiger partial charge in [0.05, 0.1) is 0 Å². The number of carbonyl (C=O) groups excluding carboxylic acids is 1. The highest BCUT2D eigenvalue weighted by Crippen LogP contribution is 2.17. The molecule has 0 aliphatic heterocycles. The van der Waals surface area contributed by atoms with Gasteiger partial charge in [-0.05, 0) is 87.4 Å². The summed E-state index contributed by atoms with van der Waals surface area (Å²) in [6.07, 6.45) is 0. The first-order chi connectivity index (χ1) is 11.9. The maximum absolute atomic E-state index is 12.3. The molecule has 2 N–H and O–H groups in total. The first-order valence-electron chi connectivity index (χ1n) is 8.49. The Kier molecular flexibility index (Phi) is 6.53. The highest BCUT2D eigenvalue weighted by atomic mass is 32.1. The number of aryl methyl sites for hydroxylation is 2. The van der Waals surface area contributed by atoms with Gasteiger partial charge in [0.1, 0.15) is 0 Å². The second-order valence-electron chi connectivity index (χ2n) is 5.93. The molecule has 0 heterocycles. The number of amides is 1. The molecule has 1 amide bonds. The number of nitrogens with one attached hydrogen (secondary N) is 2. The van der Waals surface area contributed by atoms with Gasteiger partial charge < -0.3 is 10.2 Å². The monoisotopic (exact) mass is 355 g/mol. The molecule has 0 saturated carbocycles. The van der Waals surface area contributed by atoms with Crippen molar-refractivity contribution in [3.63, 3.8) is 0 Å². The minimum absolute atomic E-state index is 0.208. The van der Waals surface area contributed by atoms with Gasteiger partial charge in [-0.3, -0.25) is 10.1 Å². The summed E-state index contributed by atoms with van der Waals surface area (Å²) in [4.78, 5) is 14.6. The summed E-state index contributed by atoms with van der Waals surface area (Å²) >= 11 is 5.25. The van der Waals surface area contributed by atoms with Crippen LogP contribution in [0.15, 0.2) is 42.5 Å². The molecule has 0 aliphatic rings. The molecule has 132 valence electrons. The maximum Gasteiger partial charge on any atom is 0.257 e. The van der Waals surface area contributed by atoms with E-state index < -0.39 is 0 Å². The van der Waals surface area contributed by atoms with E-state index in [2.05, 4.69) is 29.4 Å². The minimum Gasteiger partial charge on any atom is -0.372 e. The number of anilines is 2. The third kappa shape index (κ3) is 5.03. The van der Waals surface area contributed by atoms with Crippen LogP contribution in [-0.4, -0.2) is 24.1 Å². The summed E-state index contributed by atoms with van der Waals surface area (Å²) in [6.45, 7) is 10.2. The van der Waals surface area contributed by atoms with Crippen LogP contribution in [0.1, 0.15) is 35.3 Å². The Hall–Kier alpha value is -2.40. The quantitative estimate of drug-likeness (QED) is 0.786. The van der Waals surface area contributed by atoms with Gasteiger partial charge in [0.15, 0.2) is 5.11 Å². The molecule has 25 heavy (non-hydrogen) atoms. The molecule has 0 fully saturated rings. The summed E-state index contributed by atoms with van der Waals surface area (Å²) in [5, 5.41) is 6.06. The normalized spacial score (nSPS) is 10.2. The average molecular weight is 356 g/mol. The molecular formula is C20H25N3OS. The summed E-state index contributed by atoms with van der Waals surface area (Å²) in [7, 11) is 0. The van der Waals surface area contributed by atoms with Gasteiger partial charge in [-0.1, -0.05) is 6.07 Å². The van der Waals surface area contributed by atoms with Crippen molar-refractivity contribution in [2.75, 3.05) is 23.3 Å². The first kappa shape index (κ1) is 18.9. The summed E-state index contributed by atoms with van der Waals surface area (Å²) in [5.74, 6) is -0.208. The van der Waals surface area contributed by atoms with Crippen LogP contribution < -0.4 is 15.5 Å². The van der Waals surface area contributed by atoms with Crippen LogP contribution in [0.5, 0.6) is 0 Å². The number of hydrogen-bond acceptors (Lipinski definition) is 3. The fraction of sp³-hybridized carbons (Fsp3) is 0.300. The Morgan fingerprint density at radius 1 is 1.00 bits per heavy atom. The highest BCUT2D eigenvalue weighted by Gasteiger charge is 2.09. The number of hydrogen-bond donors (Lipinski definition) is 2. The Morgan fingerprint density at radius 3 is 2.20 bits per heavy atom. The van der Waals surface area contributed by atoms with E-state index in [1.807, 2.05) is 50.2 Å². The minimum atomic E-state index is -0.208. The summed E-state index contributed by atoms with van der Waals surface area (Å²) in [5.41, 5.74) is 4.86. The largest absolute Gasteiger partial charge is 0.372 e. The lowest BCUT2D eigenvalue weighted by Crippen LogP contribution is -2.34. The molecule has 0 aliphatic carbocycles. The maximum atomic E-state index is 12.3. The number of carbonyl (C=O) groups is 1. The van der Waals surface area contributed by atoms with Gasteiger partial charge in [0, 0.05) is 30.0 Å². The van der Waals surface area contributed by atoms with Crippen LogP contribution in [0.2, 0.25) is 0 Å². The van der Waals surface area contributed by atoms with Crippen molar-refractivity contribution in [3.05, 3.63) is 59.2 Å². The predicted molar refractivity (Wildman–Crippen MR) is 110 cm³/mol. The van der Waals surface area contributed by atoms with Crippen molar-refractivity contribution >= 4 is 34.6 Å². The van der Waals surface area contributed by atoms with Crippen molar-refractivity contribution in [1.82, 2.24) is 5.32 Å². The number of rotatable bonds is 5. The third-order valence-electron chi connectivity index (χ3n) is 4.25. The molecule has 0 unspecified atom stereocenters. The number of benzene rings is 2. The molecule has 2 aromatic rings. The Bertz CT molecular complexity index is 752. The van der Waals surface area contributed by atoms with Crippen LogP contribution in [0.4, 0.5) is 11.4 Å². The lowest BCUT2D eigenvalue weighted by Gasteiger charge is -2.21. The standard InChI is InChI=1S/C20H25N3OS/c1-5-23(6-2)18-11-9-17(10-12-18)21-20(25)22-19(24)16-8-7-14(3)15(4)13-16/h7-13H,5-6H2,1-4H3,(H2,21,22,24,25). The van der Waals surface area contributed by atoms with E-state index in [0.717, 1.165) is 29.9 Å². The fourth-order valence-corrected chi connectivity index (χ4v) is 2.78. The van der Waals surface area contributed by atoms with Crippen molar-refractivity contribution in [3.8, 4) is 0 Å². The van der Waals surface area contributed by atoms with Crippen LogP contribution in [0.3, 0.4) is 0 Å². The van der Waals surface area contributed by atoms with Gasteiger partial charge in [0.25, 0.3) is 5.91 Å². The van der Waals surface area contributed by atoms with Crippen molar-refractivity contribution in [1.29, 1.82) is 0 Å². The molecule has 2 rings (SSSR count). The summed E-state index contributed by atoms with van der Waals surface area (Å²) in [6, 6.07) is 13.6. The van der Waals surface area contributed by atoms with E-state index in [9.17, 15) is 4.79 Å². The molecule has 0 radical (unpaired) electrons. The molecule has 0 saturated heterocycles. The van der Waals surface area contributed by atoms with Crippen LogP contribution >= 0.6 is 12.2 Å². The second kappa shape index (κ2) is 8.62. The Labute approximate surface area is 155 Å². The predicted octanol–water partition coefficient (Wildman–Crippen LogP) is 4.28. The average Bonchev–Trinajstić information content (AvgIpc) is 2.59. The first-order valence-corrected chi connectivity index (χ1v) is 8.90. The Morgan fingerprint density at radius 2 is 1.64 bits per heavy atom. The zero-order chi connectivity index (χ0) is 18.4. The molecule has 0 aromatic heterocycles. The molecule has 0 atom stereocenters. The molecule has 0 spiro atoms. The molecular weight excluding hydrogens is 330 g/mol. The molecule has 2 aromatic carbocycles. The second-order valence-corrected chi connectivity index (χ2v) is 6.33. The van der Waals surface area contributed by atoms with E-state index in [1.54, 1.807) is 6.07 Å². The van der Waals surface area contributed by atoms with Crippen LogP contribution in [-0.2, 0) is 0 Å². The Balaban J connectivity index is 1.97. The van der Waals surface area contributed by atoms with Gasteiger partial charge in [-0.25, -0.2) is 0 Å². The molecule has 0 bridgehead atoms.